The van der Waals surface area contributed by atoms with Crippen molar-refractivity contribution in [2.24, 2.45) is 0 Å². The summed E-state index contributed by atoms with van der Waals surface area (Å²) in [4.78, 5) is 25.8. The number of nitro benzene ring substituents is 1. The van der Waals surface area contributed by atoms with Crippen LogP contribution >= 0.6 is 12.2 Å². The molecule has 3 rings (SSSR count). The van der Waals surface area contributed by atoms with E-state index in [0.717, 1.165) is 54.7 Å². The molecule has 7 nitrogen and oxygen atoms in total. The first-order valence-corrected chi connectivity index (χ1v) is 10.4. The standard InChI is InChI=1S/C22H26N4O3S/c1-14-11-15(2)20(16(3)12-14)23-22(30)24-21(27)17-7-8-18(19(13-17)26(28)29)25-9-5-4-6-10-25/h7-8,11-13H,4-6,9-10H2,1-3H3,(H2,23,24,27,30). The molecule has 2 aromatic rings. The van der Waals surface area contributed by atoms with E-state index in [1.54, 1.807) is 12.1 Å². The van der Waals surface area contributed by atoms with E-state index in [4.69, 9.17) is 12.2 Å². The fourth-order valence-corrected chi connectivity index (χ4v) is 4.11. The van der Waals surface area contributed by atoms with Crippen molar-refractivity contribution in [3.8, 4) is 0 Å². The van der Waals surface area contributed by atoms with Gasteiger partial charge in [-0.2, -0.15) is 0 Å². The average molecular weight is 427 g/mol. The summed E-state index contributed by atoms with van der Waals surface area (Å²) in [7, 11) is 0. The van der Waals surface area contributed by atoms with Crippen LogP contribution in [-0.4, -0.2) is 29.0 Å². The summed E-state index contributed by atoms with van der Waals surface area (Å²) in [5.74, 6) is -0.483. The Morgan fingerprint density at radius 3 is 2.30 bits per heavy atom. The molecule has 2 N–H and O–H groups in total. The molecule has 0 bridgehead atoms. The summed E-state index contributed by atoms with van der Waals surface area (Å²) in [6.45, 7) is 7.53. The highest BCUT2D eigenvalue weighted by Gasteiger charge is 2.23. The van der Waals surface area contributed by atoms with Crippen LogP contribution in [0.4, 0.5) is 17.1 Å². The van der Waals surface area contributed by atoms with Crippen molar-refractivity contribution in [3.63, 3.8) is 0 Å². The fraction of sp³-hybridized carbons (Fsp3) is 0.364. The first-order valence-electron chi connectivity index (χ1n) is 10.00. The zero-order valence-corrected chi connectivity index (χ0v) is 18.3. The van der Waals surface area contributed by atoms with Gasteiger partial charge in [-0.25, -0.2) is 0 Å². The molecule has 0 spiro atoms. The van der Waals surface area contributed by atoms with Gasteiger partial charge in [-0.05, 0) is 75.5 Å². The highest BCUT2D eigenvalue weighted by Crippen LogP contribution is 2.31. The molecule has 0 aliphatic carbocycles. The Labute approximate surface area is 181 Å². The number of nitrogens with zero attached hydrogens (tertiary/aromatic N) is 2. The molecule has 1 saturated heterocycles. The third-order valence-corrected chi connectivity index (χ3v) is 5.48. The molecule has 0 atom stereocenters. The highest BCUT2D eigenvalue weighted by atomic mass is 32.1. The van der Waals surface area contributed by atoms with Crippen molar-refractivity contribution in [1.82, 2.24) is 5.32 Å². The van der Waals surface area contributed by atoms with Crippen molar-refractivity contribution >= 4 is 40.3 Å². The van der Waals surface area contributed by atoms with Crippen LogP contribution in [0.1, 0.15) is 46.3 Å². The number of nitro groups is 1. The Kier molecular flexibility index (Phi) is 6.66. The number of thiocarbonyl (C=S) groups is 1. The second-order valence-corrected chi connectivity index (χ2v) is 8.10. The summed E-state index contributed by atoms with van der Waals surface area (Å²) in [5, 5.41) is 17.5. The van der Waals surface area contributed by atoms with E-state index in [0.29, 0.717) is 5.69 Å². The van der Waals surface area contributed by atoms with E-state index >= 15 is 0 Å². The van der Waals surface area contributed by atoms with Gasteiger partial charge in [0.1, 0.15) is 5.69 Å². The van der Waals surface area contributed by atoms with E-state index in [9.17, 15) is 14.9 Å². The van der Waals surface area contributed by atoms with Gasteiger partial charge in [0, 0.05) is 30.4 Å². The third-order valence-electron chi connectivity index (χ3n) is 5.27. The predicted octanol–water partition coefficient (Wildman–Crippen LogP) is 4.64. The molecule has 1 heterocycles. The number of piperidine rings is 1. The van der Waals surface area contributed by atoms with Crippen molar-refractivity contribution in [2.75, 3.05) is 23.3 Å². The Morgan fingerprint density at radius 2 is 1.70 bits per heavy atom. The third kappa shape index (κ3) is 4.94. The molecule has 0 radical (unpaired) electrons. The minimum Gasteiger partial charge on any atom is -0.366 e. The van der Waals surface area contributed by atoms with Crippen LogP contribution in [0, 0.1) is 30.9 Å². The lowest BCUT2D eigenvalue weighted by molar-refractivity contribution is -0.384. The minimum absolute atomic E-state index is 0.0614. The van der Waals surface area contributed by atoms with E-state index in [1.807, 2.05) is 37.8 Å². The smallest absolute Gasteiger partial charge is 0.293 e. The average Bonchev–Trinajstić information content (AvgIpc) is 2.70. The normalized spacial score (nSPS) is 13.6. The zero-order valence-electron chi connectivity index (χ0n) is 17.4. The van der Waals surface area contributed by atoms with Gasteiger partial charge in [-0.15, -0.1) is 0 Å². The molecule has 8 heteroatoms. The molecule has 1 aliphatic heterocycles. The van der Waals surface area contributed by atoms with Gasteiger partial charge >= 0.3 is 0 Å². The second kappa shape index (κ2) is 9.21. The van der Waals surface area contributed by atoms with Crippen LogP contribution in [0.2, 0.25) is 0 Å². The van der Waals surface area contributed by atoms with Crippen LogP contribution in [-0.2, 0) is 0 Å². The summed E-state index contributed by atoms with van der Waals surface area (Å²) >= 11 is 5.29. The van der Waals surface area contributed by atoms with Crippen LogP contribution < -0.4 is 15.5 Å². The lowest BCUT2D eigenvalue weighted by Gasteiger charge is -2.28. The van der Waals surface area contributed by atoms with Crippen LogP contribution in [0.3, 0.4) is 0 Å². The second-order valence-electron chi connectivity index (χ2n) is 7.69. The van der Waals surface area contributed by atoms with Gasteiger partial charge in [0.15, 0.2) is 5.11 Å². The lowest BCUT2D eigenvalue weighted by Crippen LogP contribution is -2.34. The van der Waals surface area contributed by atoms with Gasteiger partial charge < -0.3 is 10.2 Å². The van der Waals surface area contributed by atoms with Gasteiger partial charge in [0.25, 0.3) is 11.6 Å². The lowest BCUT2D eigenvalue weighted by atomic mass is 10.1. The SMILES string of the molecule is Cc1cc(C)c(NC(=S)NC(=O)c2ccc(N3CCCCC3)c([N+](=O)[O-])c2)c(C)c1. The number of nitrogens with one attached hydrogen (secondary N) is 2. The first kappa shape index (κ1) is 21.7. The molecule has 30 heavy (non-hydrogen) atoms. The molecule has 1 fully saturated rings. The van der Waals surface area contributed by atoms with Gasteiger partial charge in [0.05, 0.1) is 4.92 Å². The van der Waals surface area contributed by atoms with Crippen molar-refractivity contribution in [3.05, 3.63) is 62.7 Å². The molecule has 0 aromatic heterocycles. The molecular formula is C22H26N4O3S. The summed E-state index contributed by atoms with van der Waals surface area (Å²) in [6.07, 6.45) is 3.16. The molecule has 1 amide bonds. The molecule has 1 aliphatic rings. The monoisotopic (exact) mass is 426 g/mol. The fourth-order valence-electron chi connectivity index (χ4n) is 3.91. The number of anilines is 2. The maximum Gasteiger partial charge on any atom is 0.293 e. The highest BCUT2D eigenvalue weighted by molar-refractivity contribution is 7.80. The van der Waals surface area contributed by atoms with E-state index in [1.165, 1.54) is 6.07 Å². The van der Waals surface area contributed by atoms with Crippen LogP contribution in [0.15, 0.2) is 30.3 Å². The minimum atomic E-state index is -0.483. The van der Waals surface area contributed by atoms with E-state index in [-0.39, 0.29) is 16.4 Å². The van der Waals surface area contributed by atoms with E-state index in [2.05, 4.69) is 10.6 Å². The number of benzene rings is 2. The molecule has 0 unspecified atom stereocenters. The molecule has 158 valence electrons. The Hall–Kier alpha value is -3.00. The van der Waals surface area contributed by atoms with Gasteiger partial charge in [-0.1, -0.05) is 17.7 Å². The quantitative estimate of drug-likeness (QED) is 0.421. The molecule has 2 aromatic carbocycles. The van der Waals surface area contributed by atoms with Crippen LogP contribution in [0.25, 0.3) is 0 Å². The number of carbonyl (C=O) groups excluding carboxylic acids is 1. The van der Waals surface area contributed by atoms with Gasteiger partial charge in [0.2, 0.25) is 0 Å². The number of carbonyl (C=O) groups is 1. The van der Waals surface area contributed by atoms with Crippen molar-refractivity contribution in [1.29, 1.82) is 0 Å². The summed E-state index contributed by atoms with van der Waals surface area (Å²) in [5.41, 5.74) is 4.72. The Bertz CT molecular complexity index is 977. The summed E-state index contributed by atoms with van der Waals surface area (Å²) < 4.78 is 0. The number of amides is 1. The molecule has 0 saturated carbocycles. The number of aryl methyl sites for hydroxylation is 3. The zero-order chi connectivity index (χ0) is 21.8. The first-order chi connectivity index (χ1) is 14.3. The topological polar surface area (TPSA) is 87.5 Å². The maximum absolute atomic E-state index is 12.7. The van der Waals surface area contributed by atoms with Crippen molar-refractivity contribution in [2.45, 2.75) is 40.0 Å². The summed E-state index contributed by atoms with van der Waals surface area (Å²) in [6, 6.07) is 8.65. The number of rotatable bonds is 4. The maximum atomic E-state index is 12.7. The number of hydrogen-bond acceptors (Lipinski definition) is 5. The van der Waals surface area contributed by atoms with E-state index < -0.39 is 10.8 Å². The number of hydrogen-bond donors (Lipinski definition) is 2. The Morgan fingerprint density at radius 1 is 1.07 bits per heavy atom. The predicted molar refractivity (Wildman–Crippen MR) is 124 cm³/mol. The largest absolute Gasteiger partial charge is 0.366 e. The van der Waals surface area contributed by atoms with Crippen LogP contribution in [0.5, 0.6) is 0 Å². The molecular weight excluding hydrogens is 400 g/mol. The van der Waals surface area contributed by atoms with Gasteiger partial charge in [-0.3, -0.25) is 20.2 Å². The van der Waals surface area contributed by atoms with Crippen molar-refractivity contribution < 1.29 is 9.72 Å². The Balaban J connectivity index is 1.75.